The Balaban J connectivity index is 1.67. The van der Waals surface area contributed by atoms with Crippen LogP contribution in [-0.4, -0.2) is 10.1 Å². The summed E-state index contributed by atoms with van der Waals surface area (Å²) in [6.07, 6.45) is 2.28. The van der Waals surface area contributed by atoms with Gasteiger partial charge in [-0.05, 0) is 31.0 Å². The lowest BCUT2D eigenvalue weighted by molar-refractivity contribution is 0.425. The minimum absolute atomic E-state index is 0.266. The topological polar surface area (TPSA) is 48.2 Å². The Hall–Kier alpha value is -2.14. The molecule has 106 valence electrons. The number of ether oxygens (including phenoxy) is 1. The van der Waals surface area contributed by atoms with Crippen LogP contribution >= 0.6 is 11.6 Å². The van der Waals surface area contributed by atoms with Gasteiger partial charge in [-0.2, -0.15) is 4.98 Å². The van der Waals surface area contributed by atoms with Gasteiger partial charge in [0.05, 0.1) is 11.1 Å². The fourth-order valence-electron chi connectivity index (χ4n) is 2.25. The quantitative estimate of drug-likeness (QED) is 0.704. The van der Waals surface area contributed by atoms with Crippen molar-refractivity contribution in [3.63, 3.8) is 0 Å². The molecule has 21 heavy (non-hydrogen) atoms. The van der Waals surface area contributed by atoms with Gasteiger partial charge in [0.15, 0.2) is 0 Å². The molecule has 0 spiro atoms. The normalized spacial score (nSPS) is 14.6. The van der Waals surface area contributed by atoms with Gasteiger partial charge in [-0.1, -0.05) is 16.8 Å². The predicted octanol–water partition coefficient (Wildman–Crippen LogP) is 4.69. The van der Waals surface area contributed by atoms with Crippen LogP contribution in [0.4, 0.5) is 4.39 Å². The summed E-state index contributed by atoms with van der Waals surface area (Å²) in [5, 5.41) is 5.23. The van der Waals surface area contributed by atoms with E-state index in [9.17, 15) is 4.39 Å². The van der Waals surface area contributed by atoms with Crippen molar-refractivity contribution in [3.8, 4) is 11.6 Å². The highest BCUT2D eigenvalue weighted by atomic mass is 35.5. The van der Waals surface area contributed by atoms with Crippen molar-refractivity contribution in [2.45, 2.75) is 18.8 Å². The SMILES string of the molecule is Fc1cc(Cl)cc(Oc2ccc3c(C4CC4)noc3n2)c1. The molecule has 0 saturated heterocycles. The van der Waals surface area contributed by atoms with Crippen LogP contribution in [0.1, 0.15) is 24.5 Å². The summed E-state index contributed by atoms with van der Waals surface area (Å²) in [6.45, 7) is 0. The number of hydrogen-bond acceptors (Lipinski definition) is 4. The molecule has 4 nitrogen and oxygen atoms in total. The van der Waals surface area contributed by atoms with E-state index < -0.39 is 5.82 Å². The molecule has 2 heterocycles. The number of hydrogen-bond donors (Lipinski definition) is 0. The molecule has 0 unspecified atom stereocenters. The molecule has 0 bridgehead atoms. The van der Waals surface area contributed by atoms with Crippen LogP contribution in [0.3, 0.4) is 0 Å². The van der Waals surface area contributed by atoms with Crippen molar-refractivity contribution < 1.29 is 13.7 Å². The average molecular weight is 305 g/mol. The van der Waals surface area contributed by atoms with Gasteiger partial charge in [-0.25, -0.2) is 4.39 Å². The van der Waals surface area contributed by atoms with Crippen molar-refractivity contribution in [2.24, 2.45) is 0 Å². The van der Waals surface area contributed by atoms with Crippen LogP contribution < -0.4 is 4.74 Å². The number of benzene rings is 1. The number of fused-ring (bicyclic) bond motifs is 1. The second kappa shape index (κ2) is 4.70. The monoisotopic (exact) mass is 304 g/mol. The molecule has 0 N–H and O–H groups in total. The van der Waals surface area contributed by atoms with E-state index in [1.165, 1.54) is 18.2 Å². The maximum absolute atomic E-state index is 13.3. The molecule has 0 radical (unpaired) electrons. The first-order chi connectivity index (χ1) is 10.2. The molecule has 1 aliphatic carbocycles. The summed E-state index contributed by atoms with van der Waals surface area (Å²) in [7, 11) is 0. The van der Waals surface area contributed by atoms with E-state index >= 15 is 0 Å². The highest BCUT2D eigenvalue weighted by Crippen LogP contribution is 2.42. The summed E-state index contributed by atoms with van der Waals surface area (Å²) in [4.78, 5) is 4.24. The smallest absolute Gasteiger partial charge is 0.261 e. The van der Waals surface area contributed by atoms with Gasteiger partial charge in [0, 0.05) is 23.1 Å². The first-order valence-corrected chi connectivity index (χ1v) is 6.97. The van der Waals surface area contributed by atoms with E-state index in [1.54, 1.807) is 6.07 Å². The lowest BCUT2D eigenvalue weighted by Crippen LogP contribution is -1.89. The molecule has 4 rings (SSSR count). The van der Waals surface area contributed by atoms with Crippen molar-refractivity contribution in [1.29, 1.82) is 0 Å². The number of halogens is 2. The Morgan fingerprint density at radius 1 is 1.24 bits per heavy atom. The van der Waals surface area contributed by atoms with Crippen LogP contribution in [-0.2, 0) is 0 Å². The Labute approximate surface area is 124 Å². The molecule has 0 atom stereocenters. The van der Waals surface area contributed by atoms with Crippen LogP contribution in [0.2, 0.25) is 5.02 Å². The third-order valence-corrected chi connectivity index (χ3v) is 3.58. The number of pyridine rings is 1. The number of rotatable bonds is 3. The van der Waals surface area contributed by atoms with E-state index in [2.05, 4.69) is 10.1 Å². The largest absolute Gasteiger partial charge is 0.439 e. The van der Waals surface area contributed by atoms with E-state index in [4.69, 9.17) is 20.9 Å². The highest BCUT2D eigenvalue weighted by Gasteiger charge is 2.29. The van der Waals surface area contributed by atoms with Crippen molar-refractivity contribution in [2.75, 3.05) is 0 Å². The molecule has 1 fully saturated rings. The molecule has 1 saturated carbocycles. The van der Waals surface area contributed by atoms with E-state index in [0.29, 0.717) is 17.5 Å². The molecule has 0 amide bonds. The number of nitrogens with zero attached hydrogens (tertiary/aromatic N) is 2. The third kappa shape index (κ3) is 2.45. The zero-order chi connectivity index (χ0) is 14.4. The van der Waals surface area contributed by atoms with E-state index in [1.807, 2.05) is 6.07 Å². The van der Waals surface area contributed by atoms with Crippen LogP contribution in [0.25, 0.3) is 11.1 Å². The molecule has 1 aliphatic rings. The Morgan fingerprint density at radius 3 is 2.86 bits per heavy atom. The molecule has 6 heteroatoms. The standard InChI is InChI=1S/C15H10ClFN2O2/c16-9-5-10(17)7-11(6-9)20-13-4-3-12-14(8-1-2-8)19-21-15(12)18-13/h3-8H,1-2H2. The van der Waals surface area contributed by atoms with Crippen molar-refractivity contribution in [3.05, 3.63) is 46.9 Å². The minimum atomic E-state index is -0.464. The average Bonchev–Trinajstić information content (AvgIpc) is 3.18. The Bertz CT molecular complexity index is 809. The summed E-state index contributed by atoms with van der Waals surface area (Å²) < 4.78 is 24.0. The third-order valence-electron chi connectivity index (χ3n) is 3.36. The number of aromatic nitrogens is 2. The molecule has 3 aromatic rings. The Kier molecular flexibility index (Phi) is 2.82. The van der Waals surface area contributed by atoms with Crippen LogP contribution in [0, 0.1) is 5.82 Å². The van der Waals surface area contributed by atoms with Gasteiger partial charge in [0.25, 0.3) is 5.71 Å². The fourth-order valence-corrected chi connectivity index (χ4v) is 2.46. The van der Waals surface area contributed by atoms with Gasteiger partial charge in [-0.15, -0.1) is 0 Å². The highest BCUT2D eigenvalue weighted by molar-refractivity contribution is 6.30. The van der Waals surface area contributed by atoms with Crippen LogP contribution in [0.15, 0.2) is 34.9 Å². The fraction of sp³-hybridized carbons (Fsp3) is 0.200. The summed E-state index contributed by atoms with van der Waals surface area (Å²) in [5.41, 5.74) is 1.38. The zero-order valence-electron chi connectivity index (χ0n) is 10.8. The predicted molar refractivity (Wildman–Crippen MR) is 75.3 cm³/mol. The second-order valence-corrected chi connectivity index (χ2v) is 5.49. The van der Waals surface area contributed by atoms with Gasteiger partial charge in [0.2, 0.25) is 5.88 Å². The van der Waals surface area contributed by atoms with E-state index in [0.717, 1.165) is 23.9 Å². The van der Waals surface area contributed by atoms with Gasteiger partial charge < -0.3 is 9.26 Å². The van der Waals surface area contributed by atoms with Gasteiger partial charge in [0.1, 0.15) is 11.6 Å². The summed E-state index contributed by atoms with van der Waals surface area (Å²) >= 11 is 5.79. The second-order valence-electron chi connectivity index (χ2n) is 5.05. The van der Waals surface area contributed by atoms with E-state index in [-0.39, 0.29) is 10.8 Å². The lowest BCUT2D eigenvalue weighted by atomic mass is 10.2. The van der Waals surface area contributed by atoms with Crippen molar-refractivity contribution in [1.82, 2.24) is 10.1 Å². The molecule has 0 aliphatic heterocycles. The summed E-state index contributed by atoms with van der Waals surface area (Å²) in [6, 6.07) is 7.55. The lowest BCUT2D eigenvalue weighted by Gasteiger charge is -2.04. The van der Waals surface area contributed by atoms with Crippen molar-refractivity contribution >= 4 is 22.7 Å². The molecular formula is C15H10ClFN2O2. The first-order valence-electron chi connectivity index (χ1n) is 6.59. The molecular weight excluding hydrogens is 295 g/mol. The molecule has 1 aromatic carbocycles. The minimum Gasteiger partial charge on any atom is -0.439 e. The van der Waals surface area contributed by atoms with Crippen LogP contribution in [0.5, 0.6) is 11.6 Å². The molecule has 2 aromatic heterocycles. The Morgan fingerprint density at radius 2 is 2.10 bits per heavy atom. The first kappa shape index (κ1) is 12.6. The zero-order valence-corrected chi connectivity index (χ0v) is 11.6. The van der Waals surface area contributed by atoms with Gasteiger partial charge >= 0.3 is 0 Å². The maximum atomic E-state index is 13.3. The van der Waals surface area contributed by atoms with Gasteiger partial charge in [-0.3, -0.25) is 0 Å². The maximum Gasteiger partial charge on any atom is 0.261 e. The summed E-state index contributed by atoms with van der Waals surface area (Å²) in [5.74, 6) is 0.618.